The number of fused-ring (bicyclic) bond motifs is 1. The first-order valence-electron chi connectivity index (χ1n) is 8.36. The number of ether oxygens (including phenoxy) is 2. The van der Waals surface area contributed by atoms with Crippen molar-refractivity contribution in [3.63, 3.8) is 0 Å². The first kappa shape index (κ1) is 17.3. The van der Waals surface area contributed by atoms with Crippen molar-refractivity contribution in [1.29, 1.82) is 0 Å². The van der Waals surface area contributed by atoms with Gasteiger partial charge in [0, 0.05) is 11.3 Å². The Kier molecular flexibility index (Phi) is 3.98. The fraction of sp³-hybridized carbons (Fsp3) is 0.368. The molecule has 2 aromatic rings. The summed E-state index contributed by atoms with van der Waals surface area (Å²) in [7, 11) is -3.72. The summed E-state index contributed by atoms with van der Waals surface area (Å²) in [6.07, 6.45) is 0. The number of aliphatic hydroxyl groups is 2. The van der Waals surface area contributed by atoms with Gasteiger partial charge in [-0.3, -0.25) is 0 Å². The molecular formula is C19H20O6S. The highest BCUT2D eigenvalue weighted by atomic mass is 32.2. The van der Waals surface area contributed by atoms with E-state index in [4.69, 9.17) is 9.47 Å². The third-order valence-corrected chi connectivity index (χ3v) is 7.75. The van der Waals surface area contributed by atoms with Crippen molar-refractivity contribution < 1.29 is 28.1 Å². The van der Waals surface area contributed by atoms with Crippen molar-refractivity contribution in [3.05, 3.63) is 53.6 Å². The number of sulfone groups is 1. The molecule has 4 rings (SSSR count). The molecule has 7 heteroatoms. The second kappa shape index (κ2) is 5.97. The number of benzene rings is 2. The van der Waals surface area contributed by atoms with Crippen molar-refractivity contribution >= 4 is 9.84 Å². The van der Waals surface area contributed by atoms with Crippen LogP contribution in [0.15, 0.2) is 47.4 Å². The Balaban J connectivity index is 1.76. The van der Waals surface area contributed by atoms with Gasteiger partial charge in [-0.05, 0) is 36.8 Å². The minimum atomic E-state index is -3.72. The van der Waals surface area contributed by atoms with Crippen LogP contribution in [0.2, 0.25) is 0 Å². The minimum Gasteiger partial charge on any atom is -0.454 e. The molecule has 0 unspecified atom stereocenters. The van der Waals surface area contributed by atoms with E-state index in [2.05, 4.69) is 0 Å². The highest BCUT2D eigenvalue weighted by Gasteiger charge is 2.70. The first-order chi connectivity index (χ1) is 12.4. The molecule has 1 fully saturated rings. The summed E-state index contributed by atoms with van der Waals surface area (Å²) >= 11 is 0. The molecule has 2 aliphatic rings. The van der Waals surface area contributed by atoms with Gasteiger partial charge in [-0.25, -0.2) is 8.42 Å². The fourth-order valence-corrected chi connectivity index (χ4v) is 6.29. The lowest BCUT2D eigenvalue weighted by Gasteiger charge is -2.11. The summed E-state index contributed by atoms with van der Waals surface area (Å²) in [6.45, 7) is 1.17. The summed E-state index contributed by atoms with van der Waals surface area (Å²) < 4.78 is 37.0. The summed E-state index contributed by atoms with van der Waals surface area (Å²) in [5, 5.41) is 19.0. The minimum absolute atomic E-state index is 0.125. The number of rotatable bonds is 5. The van der Waals surface area contributed by atoms with Gasteiger partial charge in [0.2, 0.25) is 6.79 Å². The molecule has 0 spiro atoms. The average Bonchev–Trinajstić information content (AvgIpc) is 3.12. The molecule has 2 aromatic carbocycles. The third kappa shape index (κ3) is 2.42. The van der Waals surface area contributed by atoms with Gasteiger partial charge in [-0.2, -0.15) is 0 Å². The quantitative estimate of drug-likeness (QED) is 0.824. The van der Waals surface area contributed by atoms with E-state index < -0.39 is 39.6 Å². The largest absolute Gasteiger partial charge is 0.454 e. The molecule has 138 valence electrons. The Labute approximate surface area is 151 Å². The average molecular weight is 376 g/mol. The monoisotopic (exact) mass is 376 g/mol. The molecule has 1 saturated carbocycles. The van der Waals surface area contributed by atoms with Crippen molar-refractivity contribution in [2.45, 2.75) is 23.0 Å². The Bertz CT molecular complexity index is 931. The van der Waals surface area contributed by atoms with Gasteiger partial charge in [-0.1, -0.05) is 23.8 Å². The van der Waals surface area contributed by atoms with Gasteiger partial charge in [-0.15, -0.1) is 0 Å². The van der Waals surface area contributed by atoms with Crippen molar-refractivity contribution in [2.75, 3.05) is 20.0 Å². The molecule has 1 aliphatic heterocycles. The lowest BCUT2D eigenvalue weighted by atomic mass is 10.0. The molecule has 1 heterocycles. The Morgan fingerprint density at radius 2 is 1.69 bits per heavy atom. The zero-order valence-corrected chi connectivity index (χ0v) is 15.1. The van der Waals surface area contributed by atoms with E-state index in [9.17, 15) is 18.6 Å². The normalized spacial score (nSPS) is 23.0. The third-order valence-electron chi connectivity index (χ3n) is 5.41. The molecule has 6 nitrogen and oxygen atoms in total. The van der Waals surface area contributed by atoms with Crippen molar-refractivity contribution in [1.82, 2.24) is 0 Å². The summed E-state index contributed by atoms with van der Waals surface area (Å²) in [5.41, 5.74) is 0.554. The lowest BCUT2D eigenvalue weighted by Crippen LogP contribution is -2.23. The molecule has 2 atom stereocenters. The number of hydrogen-bond donors (Lipinski definition) is 2. The Morgan fingerprint density at radius 3 is 2.35 bits per heavy atom. The standard InChI is InChI=1S/C19H20O6S/c1-12-2-5-14(6-3-12)26(22,23)18-17(19(18,9-20)10-21)13-4-7-15-16(8-13)25-11-24-15/h2-8,17-18,20-21H,9-11H2,1H3/t17-,18-/m0/s1. The van der Waals surface area contributed by atoms with Crippen LogP contribution >= 0.6 is 0 Å². The van der Waals surface area contributed by atoms with E-state index in [1.807, 2.05) is 6.92 Å². The predicted octanol–water partition coefficient (Wildman–Crippen LogP) is 1.63. The molecule has 2 N–H and O–H groups in total. The molecule has 26 heavy (non-hydrogen) atoms. The Hall–Kier alpha value is -2.09. The zero-order chi connectivity index (χ0) is 18.5. The highest BCUT2D eigenvalue weighted by Crippen LogP contribution is 2.64. The topological polar surface area (TPSA) is 93.1 Å². The number of aryl methyl sites for hydroxylation is 1. The van der Waals surface area contributed by atoms with Crippen LogP contribution in [0.4, 0.5) is 0 Å². The molecule has 0 amide bonds. The SMILES string of the molecule is Cc1ccc(S(=O)(=O)[C@H]2[C@H](c3ccc4c(c3)OCO4)C2(CO)CO)cc1. The van der Waals surface area contributed by atoms with Crippen LogP contribution in [0, 0.1) is 12.3 Å². The van der Waals surface area contributed by atoms with Gasteiger partial charge in [0.05, 0.1) is 23.4 Å². The first-order valence-corrected chi connectivity index (χ1v) is 9.90. The van der Waals surface area contributed by atoms with Crippen LogP contribution in [0.25, 0.3) is 0 Å². The molecule has 0 saturated heterocycles. The second-order valence-corrected chi connectivity index (χ2v) is 8.99. The maximum Gasteiger partial charge on any atom is 0.231 e. The molecule has 1 aliphatic carbocycles. The molecule has 0 bridgehead atoms. The van der Waals surface area contributed by atoms with E-state index in [1.165, 1.54) is 0 Å². The van der Waals surface area contributed by atoms with Crippen LogP contribution in [0.3, 0.4) is 0 Å². The van der Waals surface area contributed by atoms with E-state index in [-0.39, 0.29) is 11.7 Å². The van der Waals surface area contributed by atoms with Crippen LogP contribution in [0.1, 0.15) is 17.0 Å². The molecular weight excluding hydrogens is 356 g/mol. The van der Waals surface area contributed by atoms with E-state index >= 15 is 0 Å². The van der Waals surface area contributed by atoms with E-state index in [0.717, 1.165) is 5.56 Å². The van der Waals surface area contributed by atoms with Crippen LogP contribution in [-0.4, -0.2) is 43.9 Å². The summed E-state index contributed by atoms with van der Waals surface area (Å²) in [4.78, 5) is 0.197. The van der Waals surface area contributed by atoms with Crippen LogP contribution in [-0.2, 0) is 9.84 Å². The zero-order valence-electron chi connectivity index (χ0n) is 14.3. The van der Waals surface area contributed by atoms with Crippen molar-refractivity contribution in [3.8, 4) is 11.5 Å². The van der Waals surface area contributed by atoms with Gasteiger partial charge in [0.1, 0.15) is 0 Å². The number of hydrogen-bond acceptors (Lipinski definition) is 6. The van der Waals surface area contributed by atoms with Gasteiger partial charge >= 0.3 is 0 Å². The fourth-order valence-electron chi connectivity index (χ4n) is 3.86. The summed E-state index contributed by atoms with van der Waals surface area (Å²) in [5.74, 6) is 0.634. The van der Waals surface area contributed by atoms with E-state index in [1.54, 1.807) is 42.5 Å². The number of aliphatic hydroxyl groups excluding tert-OH is 2. The lowest BCUT2D eigenvalue weighted by molar-refractivity contribution is 0.130. The maximum atomic E-state index is 13.2. The second-order valence-electron chi connectivity index (χ2n) is 6.92. The van der Waals surface area contributed by atoms with Crippen LogP contribution in [0.5, 0.6) is 11.5 Å². The molecule has 0 radical (unpaired) electrons. The van der Waals surface area contributed by atoms with E-state index in [0.29, 0.717) is 17.1 Å². The summed E-state index contributed by atoms with van der Waals surface area (Å²) in [6, 6.07) is 11.8. The van der Waals surface area contributed by atoms with Crippen molar-refractivity contribution in [2.24, 2.45) is 5.41 Å². The smallest absolute Gasteiger partial charge is 0.231 e. The van der Waals surface area contributed by atoms with Gasteiger partial charge in [0.25, 0.3) is 0 Å². The predicted molar refractivity (Wildman–Crippen MR) is 94.1 cm³/mol. The molecule has 0 aromatic heterocycles. The maximum absolute atomic E-state index is 13.2. The van der Waals surface area contributed by atoms with Gasteiger partial charge in [0.15, 0.2) is 21.3 Å². The van der Waals surface area contributed by atoms with Gasteiger partial charge < -0.3 is 19.7 Å². The van der Waals surface area contributed by atoms with Crippen LogP contribution < -0.4 is 9.47 Å². The Morgan fingerprint density at radius 1 is 1.04 bits per heavy atom. The highest BCUT2D eigenvalue weighted by molar-refractivity contribution is 7.92.